The van der Waals surface area contributed by atoms with E-state index in [1.54, 1.807) is 18.2 Å². The van der Waals surface area contributed by atoms with Crippen LogP contribution in [0.2, 0.25) is 0 Å². The Morgan fingerprint density at radius 2 is 2.10 bits per heavy atom. The maximum Gasteiger partial charge on any atom is 0.230 e. The first-order valence-electron chi connectivity index (χ1n) is 9.92. The van der Waals surface area contributed by atoms with Crippen LogP contribution in [0.4, 0.5) is 15.2 Å². The zero-order valence-corrected chi connectivity index (χ0v) is 17.5. The van der Waals surface area contributed by atoms with Crippen molar-refractivity contribution in [3.05, 3.63) is 53.8 Å². The summed E-state index contributed by atoms with van der Waals surface area (Å²) in [4.78, 5) is 30.7. The molecule has 156 valence electrons. The van der Waals surface area contributed by atoms with Gasteiger partial charge in [-0.15, -0.1) is 0 Å². The molecule has 6 nitrogen and oxygen atoms in total. The van der Waals surface area contributed by atoms with Gasteiger partial charge in [-0.2, -0.15) is 0 Å². The topological polar surface area (TPSA) is 74.3 Å². The average Bonchev–Trinajstić information content (AvgIpc) is 3.09. The van der Waals surface area contributed by atoms with Crippen molar-refractivity contribution in [3.63, 3.8) is 0 Å². The third-order valence-electron chi connectivity index (χ3n) is 5.11. The summed E-state index contributed by atoms with van der Waals surface area (Å²) >= 11 is 1.39. The second-order valence-electron chi connectivity index (χ2n) is 7.58. The molecule has 2 aromatic carbocycles. The van der Waals surface area contributed by atoms with Gasteiger partial charge in [0.25, 0.3) is 0 Å². The molecule has 1 saturated heterocycles. The average molecular weight is 427 g/mol. The van der Waals surface area contributed by atoms with Gasteiger partial charge in [0.2, 0.25) is 11.8 Å². The summed E-state index contributed by atoms with van der Waals surface area (Å²) in [7, 11) is 0. The van der Waals surface area contributed by atoms with Gasteiger partial charge in [0.15, 0.2) is 5.13 Å². The minimum atomic E-state index is -0.240. The number of halogens is 1. The molecule has 1 aliphatic rings. The zero-order chi connectivity index (χ0) is 21.1. The summed E-state index contributed by atoms with van der Waals surface area (Å²) in [5.41, 5.74) is 2.40. The molecule has 0 saturated carbocycles. The lowest BCUT2D eigenvalue weighted by molar-refractivity contribution is -0.121. The highest BCUT2D eigenvalue weighted by atomic mass is 32.1. The number of carbonyl (C=O) groups is 2. The van der Waals surface area contributed by atoms with E-state index >= 15 is 0 Å². The van der Waals surface area contributed by atoms with E-state index in [-0.39, 0.29) is 23.5 Å². The van der Waals surface area contributed by atoms with Crippen LogP contribution in [0.1, 0.15) is 25.3 Å². The van der Waals surface area contributed by atoms with Gasteiger partial charge in [-0.25, -0.2) is 9.37 Å². The number of aromatic nitrogens is 1. The number of thiazole rings is 1. The van der Waals surface area contributed by atoms with E-state index in [1.807, 2.05) is 18.2 Å². The number of rotatable bonds is 5. The molecule has 0 spiro atoms. The monoisotopic (exact) mass is 426 g/mol. The fourth-order valence-corrected chi connectivity index (χ4v) is 4.68. The van der Waals surface area contributed by atoms with Crippen LogP contribution in [0.15, 0.2) is 42.5 Å². The quantitative estimate of drug-likeness (QED) is 0.640. The Labute approximate surface area is 178 Å². The molecule has 0 radical (unpaired) electrons. The van der Waals surface area contributed by atoms with Crippen molar-refractivity contribution in [2.45, 2.75) is 26.3 Å². The number of carbonyl (C=O) groups excluding carboxylic acids is 2. The fraction of sp³-hybridized carbons (Fsp3) is 0.318. The van der Waals surface area contributed by atoms with Crippen LogP contribution in [0.25, 0.3) is 10.2 Å². The van der Waals surface area contributed by atoms with Gasteiger partial charge in [-0.3, -0.25) is 14.5 Å². The Morgan fingerprint density at radius 3 is 2.90 bits per heavy atom. The van der Waals surface area contributed by atoms with E-state index < -0.39 is 0 Å². The number of likely N-dealkylation sites (tertiary alicyclic amines) is 1. The first kappa shape index (κ1) is 20.4. The van der Waals surface area contributed by atoms with E-state index in [2.05, 4.69) is 20.5 Å². The van der Waals surface area contributed by atoms with E-state index in [0.29, 0.717) is 23.9 Å². The molecule has 1 unspecified atom stereocenters. The van der Waals surface area contributed by atoms with Crippen LogP contribution in [0.5, 0.6) is 0 Å². The molecular formula is C22H23FN4O2S. The Kier molecular flexibility index (Phi) is 6.06. The number of nitrogens with zero attached hydrogens (tertiary/aromatic N) is 2. The molecule has 30 heavy (non-hydrogen) atoms. The van der Waals surface area contributed by atoms with E-state index in [4.69, 9.17) is 0 Å². The van der Waals surface area contributed by atoms with Gasteiger partial charge in [0.1, 0.15) is 5.82 Å². The fourth-order valence-electron chi connectivity index (χ4n) is 3.77. The number of fused-ring (bicyclic) bond motifs is 1. The third kappa shape index (κ3) is 5.01. The molecule has 0 bridgehead atoms. The maximum atomic E-state index is 13.4. The summed E-state index contributed by atoms with van der Waals surface area (Å²) in [5, 5.41) is 6.25. The van der Waals surface area contributed by atoms with E-state index in [9.17, 15) is 14.0 Å². The number of piperidine rings is 1. The second kappa shape index (κ2) is 8.89. The highest BCUT2D eigenvalue weighted by Gasteiger charge is 2.26. The molecule has 4 rings (SSSR count). The van der Waals surface area contributed by atoms with Crippen LogP contribution < -0.4 is 10.6 Å². The van der Waals surface area contributed by atoms with Gasteiger partial charge in [0.05, 0.1) is 16.1 Å². The Morgan fingerprint density at radius 1 is 1.23 bits per heavy atom. The second-order valence-corrected chi connectivity index (χ2v) is 8.61. The predicted octanol–water partition coefficient (Wildman–Crippen LogP) is 4.24. The molecule has 2 heterocycles. The lowest BCUT2D eigenvalue weighted by Crippen LogP contribution is -2.40. The standard InChI is InChI=1S/C22H23FN4O2S/c1-14(28)24-18-7-8-19-20(11-18)30-22(25-19)26-21(29)16-5-3-9-27(13-16)12-15-4-2-6-17(23)10-15/h2,4,6-8,10-11,16H,3,5,9,12-13H2,1H3,(H,24,28)(H,25,26,29). The van der Waals surface area contributed by atoms with Crippen molar-refractivity contribution in [3.8, 4) is 0 Å². The summed E-state index contributed by atoms with van der Waals surface area (Å²) in [5.74, 6) is -0.543. The molecule has 1 fully saturated rings. The molecule has 1 atom stereocenters. The normalized spacial score (nSPS) is 17.1. The Balaban J connectivity index is 1.39. The molecule has 2 N–H and O–H groups in total. The highest BCUT2D eigenvalue weighted by Crippen LogP contribution is 2.29. The van der Waals surface area contributed by atoms with Gasteiger partial charge in [0, 0.05) is 25.7 Å². The van der Waals surface area contributed by atoms with Crippen molar-refractivity contribution in [1.82, 2.24) is 9.88 Å². The summed E-state index contributed by atoms with van der Waals surface area (Å²) in [6.07, 6.45) is 1.75. The summed E-state index contributed by atoms with van der Waals surface area (Å²) in [6.45, 7) is 3.63. The first-order chi connectivity index (χ1) is 14.5. The molecule has 1 aromatic heterocycles. The smallest absolute Gasteiger partial charge is 0.230 e. The Bertz CT molecular complexity index is 1080. The van der Waals surface area contributed by atoms with Crippen molar-refractivity contribution in [2.24, 2.45) is 5.92 Å². The first-order valence-corrected chi connectivity index (χ1v) is 10.7. The maximum absolute atomic E-state index is 13.4. The number of anilines is 2. The van der Waals surface area contributed by atoms with Crippen molar-refractivity contribution in [1.29, 1.82) is 0 Å². The van der Waals surface area contributed by atoms with E-state index in [0.717, 1.165) is 35.2 Å². The lowest BCUT2D eigenvalue weighted by atomic mass is 9.97. The van der Waals surface area contributed by atoms with Crippen molar-refractivity contribution < 1.29 is 14.0 Å². The van der Waals surface area contributed by atoms with E-state index in [1.165, 1.54) is 24.3 Å². The van der Waals surface area contributed by atoms with Crippen LogP contribution >= 0.6 is 11.3 Å². The van der Waals surface area contributed by atoms with Crippen LogP contribution in [0, 0.1) is 11.7 Å². The summed E-state index contributed by atoms with van der Waals surface area (Å²) < 4.78 is 14.3. The number of nitrogens with one attached hydrogen (secondary N) is 2. The minimum absolute atomic E-state index is 0.0416. The van der Waals surface area contributed by atoms with Gasteiger partial charge in [-0.1, -0.05) is 23.5 Å². The van der Waals surface area contributed by atoms with Gasteiger partial charge < -0.3 is 10.6 Å². The van der Waals surface area contributed by atoms with Gasteiger partial charge >= 0.3 is 0 Å². The molecular weight excluding hydrogens is 403 g/mol. The molecule has 1 aliphatic heterocycles. The molecule has 0 aliphatic carbocycles. The molecule has 3 aromatic rings. The number of benzene rings is 2. The van der Waals surface area contributed by atoms with Crippen LogP contribution in [0.3, 0.4) is 0 Å². The van der Waals surface area contributed by atoms with Crippen molar-refractivity contribution >= 4 is 44.2 Å². The van der Waals surface area contributed by atoms with Gasteiger partial charge in [-0.05, 0) is 55.3 Å². The molecule has 8 heteroatoms. The summed E-state index contributed by atoms with van der Waals surface area (Å²) in [6, 6.07) is 12.1. The Hall–Kier alpha value is -2.84. The van der Waals surface area contributed by atoms with Crippen molar-refractivity contribution in [2.75, 3.05) is 23.7 Å². The highest BCUT2D eigenvalue weighted by molar-refractivity contribution is 7.22. The minimum Gasteiger partial charge on any atom is -0.326 e. The SMILES string of the molecule is CC(=O)Nc1ccc2nc(NC(=O)C3CCCN(Cc4cccc(F)c4)C3)sc2c1. The third-order valence-corrected chi connectivity index (χ3v) is 6.04. The van der Waals surface area contributed by atoms with Crippen LogP contribution in [-0.2, 0) is 16.1 Å². The predicted molar refractivity (Wildman–Crippen MR) is 117 cm³/mol. The number of amides is 2. The number of hydrogen-bond acceptors (Lipinski definition) is 5. The lowest BCUT2D eigenvalue weighted by Gasteiger charge is -2.31. The molecule has 2 amide bonds. The number of hydrogen-bond donors (Lipinski definition) is 2. The van der Waals surface area contributed by atoms with Crippen LogP contribution in [-0.4, -0.2) is 34.8 Å². The zero-order valence-electron chi connectivity index (χ0n) is 16.7. The largest absolute Gasteiger partial charge is 0.326 e.